The number of hydrogen-bond acceptors (Lipinski definition) is 4. The van der Waals surface area contributed by atoms with Gasteiger partial charge in [-0.3, -0.25) is 4.79 Å². The summed E-state index contributed by atoms with van der Waals surface area (Å²) in [6, 6.07) is 4.64. The standard InChI is InChI=1S/C14H14N2O4/c1-7-4-10(6-11(9(7)3)14(18)19)15-13(17)12-5-8(2)16-20-12/h4-6H,1-3H3,(H,15,17)(H,18,19). The van der Waals surface area contributed by atoms with Gasteiger partial charge in [-0.15, -0.1) is 0 Å². The third kappa shape index (κ3) is 2.69. The van der Waals surface area contributed by atoms with Gasteiger partial charge in [0.2, 0.25) is 5.76 Å². The number of rotatable bonds is 3. The molecule has 0 aliphatic heterocycles. The Kier molecular flexibility index (Phi) is 3.56. The second kappa shape index (κ2) is 5.16. The maximum Gasteiger partial charge on any atom is 0.336 e. The minimum Gasteiger partial charge on any atom is -0.478 e. The molecule has 1 heterocycles. The van der Waals surface area contributed by atoms with Gasteiger partial charge in [0.05, 0.1) is 11.3 Å². The van der Waals surface area contributed by atoms with Crippen molar-refractivity contribution in [2.24, 2.45) is 0 Å². The van der Waals surface area contributed by atoms with E-state index in [1.54, 1.807) is 26.8 Å². The summed E-state index contributed by atoms with van der Waals surface area (Å²) >= 11 is 0. The van der Waals surface area contributed by atoms with Crippen LogP contribution in [0.5, 0.6) is 0 Å². The molecule has 1 aromatic carbocycles. The van der Waals surface area contributed by atoms with Gasteiger partial charge in [0.15, 0.2) is 0 Å². The molecule has 6 nitrogen and oxygen atoms in total. The van der Waals surface area contributed by atoms with Crippen LogP contribution in [0.4, 0.5) is 5.69 Å². The van der Waals surface area contributed by atoms with Gasteiger partial charge in [-0.25, -0.2) is 4.79 Å². The highest BCUT2D eigenvalue weighted by Gasteiger charge is 2.15. The van der Waals surface area contributed by atoms with Crippen LogP contribution in [0.2, 0.25) is 0 Å². The molecule has 0 aliphatic carbocycles. The summed E-state index contributed by atoms with van der Waals surface area (Å²) < 4.78 is 4.85. The average molecular weight is 274 g/mol. The zero-order chi connectivity index (χ0) is 14.9. The van der Waals surface area contributed by atoms with Gasteiger partial charge in [-0.1, -0.05) is 5.16 Å². The fourth-order valence-electron chi connectivity index (χ4n) is 1.82. The minimum atomic E-state index is -1.03. The quantitative estimate of drug-likeness (QED) is 0.897. The number of aryl methyl sites for hydroxylation is 2. The van der Waals surface area contributed by atoms with Crippen LogP contribution in [-0.4, -0.2) is 22.1 Å². The topological polar surface area (TPSA) is 92.4 Å². The molecule has 6 heteroatoms. The van der Waals surface area contributed by atoms with E-state index in [0.29, 0.717) is 16.9 Å². The normalized spacial score (nSPS) is 10.3. The number of carboxylic acid groups (broad SMARTS) is 1. The maximum atomic E-state index is 11.9. The van der Waals surface area contributed by atoms with Crippen molar-refractivity contribution in [1.29, 1.82) is 0 Å². The number of carbonyl (C=O) groups excluding carboxylic acids is 1. The van der Waals surface area contributed by atoms with Gasteiger partial charge in [0.1, 0.15) is 0 Å². The first-order valence-corrected chi connectivity index (χ1v) is 5.97. The molecule has 0 fully saturated rings. The predicted octanol–water partition coefficient (Wildman–Crippen LogP) is 2.55. The zero-order valence-electron chi connectivity index (χ0n) is 11.4. The highest BCUT2D eigenvalue weighted by molar-refractivity contribution is 6.03. The number of nitrogens with one attached hydrogen (secondary N) is 1. The summed E-state index contributed by atoms with van der Waals surface area (Å²) in [6.07, 6.45) is 0. The number of aromatic nitrogens is 1. The van der Waals surface area contributed by atoms with E-state index in [2.05, 4.69) is 10.5 Å². The Morgan fingerprint density at radius 2 is 1.90 bits per heavy atom. The van der Waals surface area contributed by atoms with Crippen LogP contribution in [0.15, 0.2) is 22.7 Å². The molecular weight excluding hydrogens is 260 g/mol. The lowest BCUT2D eigenvalue weighted by Crippen LogP contribution is -2.12. The molecule has 0 bridgehead atoms. The van der Waals surface area contributed by atoms with Crippen molar-refractivity contribution in [3.63, 3.8) is 0 Å². The van der Waals surface area contributed by atoms with Crippen molar-refractivity contribution in [3.05, 3.63) is 46.3 Å². The monoisotopic (exact) mass is 274 g/mol. The van der Waals surface area contributed by atoms with Crippen LogP contribution < -0.4 is 5.32 Å². The zero-order valence-corrected chi connectivity index (χ0v) is 11.4. The summed E-state index contributed by atoms with van der Waals surface area (Å²) in [5.41, 5.74) is 2.63. The Labute approximate surface area is 115 Å². The highest BCUT2D eigenvalue weighted by Crippen LogP contribution is 2.20. The maximum absolute atomic E-state index is 11.9. The van der Waals surface area contributed by atoms with Crippen molar-refractivity contribution in [2.75, 3.05) is 5.32 Å². The number of hydrogen-bond donors (Lipinski definition) is 2. The van der Waals surface area contributed by atoms with Gasteiger partial charge >= 0.3 is 5.97 Å². The SMILES string of the molecule is Cc1cc(C(=O)Nc2cc(C)c(C)c(C(=O)O)c2)on1. The lowest BCUT2D eigenvalue weighted by atomic mass is 10.0. The second-order valence-corrected chi connectivity index (χ2v) is 4.56. The second-order valence-electron chi connectivity index (χ2n) is 4.56. The van der Waals surface area contributed by atoms with Crippen LogP contribution in [0, 0.1) is 20.8 Å². The summed E-state index contributed by atoms with van der Waals surface area (Å²) in [5, 5.41) is 15.4. The summed E-state index contributed by atoms with van der Waals surface area (Å²) in [7, 11) is 0. The van der Waals surface area contributed by atoms with Crippen molar-refractivity contribution in [2.45, 2.75) is 20.8 Å². The van der Waals surface area contributed by atoms with E-state index in [0.717, 1.165) is 5.56 Å². The Bertz CT molecular complexity index is 688. The van der Waals surface area contributed by atoms with Gasteiger partial charge < -0.3 is 14.9 Å². The molecule has 2 rings (SSSR count). The van der Waals surface area contributed by atoms with E-state index in [-0.39, 0.29) is 11.3 Å². The Balaban J connectivity index is 2.30. The van der Waals surface area contributed by atoms with Crippen LogP contribution in [0.3, 0.4) is 0 Å². The lowest BCUT2D eigenvalue weighted by Gasteiger charge is -2.09. The Morgan fingerprint density at radius 1 is 1.20 bits per heavy atom. The third-order valence-electron chi connectivity index (χ3n) is 3.01. The number of anilines is 1. The highest BCUT2D eigenvalue weighted by atomic mass is 16.5. The summed E-state index contributed by atoms with van der Waals surface area (Å²) in [4.78, 5) is 23.1. The van der Waals surface area contributed by atoms with Crippen molar-refractivity contribution in [1.82, 2.24) is 5.16 Å². The molecule has 0 saturated heterocycles. The fourth-order valence-corrected chi connectivity index (χ4v) is 1.82. The molecule has 0 atom stereocenters. The van der Waals surface area contributed by atoms with Crippen LogP contribution in [0.25, 0.3) is 0 Å². The number of carboxylic acids is 1. The molecule has 0 aliphatic rings. The Morgan fingerprint density at radius 3 is 2.45 bits per heavy atom. The average Bonchev–Trinajstić information content (AvgIpc) is 2.80. The molecule has 104 valence electrons. The van der Waals surface area contributed by atoms with Crippen LogP contribution >= 0.6 is 0 Å². The molecular formula is C14H14N2O4. The van der Waals surface area contributed by atoms with E-state index >= 15 is 0 Å². The van der Waals surface area contributed by atoms with Gasteiger partial charge in [-0.05, 0) is 44.0 Å². The van der Waals surface area contributed by atoms with Crippen molar-refractivity contribution in [3.8, 4) is 0 Å². The summed E-state index contributed by atoms with van der Waals surface area (Å²) in [6.45, 7) is 5.22. The molecule has 20 heavy (non-hydrogen) atoms. The first-order chi connectivity index (χ1) is 9.38. The summed E-state index contributed by atoms with van der Waals surface area (Å²) in [5.74, 6) is -1.42. The number of carbonyl (C=O) groups is 2. The van der Waals surface area contributed by atoms with Crippen LogP contribution in [-0.2, 0) is 0 Å². The molecule has 1 amide bonds. The lowest BCUT2D eigenvalue weighted by molar-refractivity contribution is 0.0695. The van der Waals surface area contributed by atoms with E-state index in [1.807, 2.05) is 0 Å². The number of amides is 1. The van der Waals surface area contributed by atoms with Gasteiger partial charge in [0, 0.05) is 11.8 Å². The Hall–Kier alpha value is -2.63. The van der Waals surface area contributed by atoms with Crippen molar-refractivity contribution < 1.29 is 19.2 Å². The molecule has 2 N–H and O–H groups in total. The van der Waals surface area contributed by atoms with Crippen LogP contribution in [0.1, 0.15) is 37.7 Å². The molecule has 0 radical (unpaired) electrons. The van der Waals surface area contributed by atoms with E-state index < -0.39 is 11.9 Å². The fraction of sp³-hybridized carbons (Fsp3) is 0.214. The largest absolute Gasteiger partial charge is 0.478 e. The molecule has 0 spiro atoms. The smallest absolute Gasteiger partial charge is 0.336 e. The van der Waals surface area contributed by atoms with E-state index in [4.69, 9.17) is 9.63 Å². The molecule has 0 unspecified atom stereocenters. The molecule has 0 saturated carbocycles. The van der Waals surface area contributed by atoms with Gasteiger partial charge in [0.25, 0.3) is 5.91 Å². The van der Waals surface area contributed by atoms with Gasteiger partial charge in [-0.2, -0.15) is 0 Å². The first kappa shape index (κ1) is 13.8. The predicted molar refractivity (Wildman–Crippen MR) is 72.1 cm³/mol. The number of nitrogens with zero attached hydrogens (tertiary/aromatic N) is 1. The van der Waals surface area contributed by atoms with E-state index in [9.17, 15) is 9.59 Å². The number of aromatic carboxylic acids is 1. The van der Waals surface area contributed by atoms with E-state index in [1.165, 1.54) is 12.1 Å². The minimum absolute atomic E-state index is 0.0811. The number of benzene rings is 1. The molecule has 2 aromatic rings. The first-order valence-electron chi connectivity index (χ1n) is 5.97. The van der Waals surface area contributed by atoms with Crippen molar-refractivity contribution >= 4 is 17.6 Å². The third-order valence-corrected chi connectivity index (χ3v) is 3.01. The molecule has 1 aromatic heterocycles.